The fraction of sp³-hybridized carbons (Fsp3) is 0.222. The van der Waals surface area contributed by atoms with Crippen LogP contribution < -0.4 is 5.73 Å². The van der Waals surface area contributed by atoms with E-state index in [1.807, 2.05) is 25.2 Å². The van der Waals surface area contributed by atoms with Crippen molar-refractivity contribution in [2.75, 3.05) is 0 Å². The van der Waals surface area contributed by atoms with E-state index in [9.17, 15) is 4.79 Å². The van der Waals surface area contributed by atoms with E-state index in [-0.39, 0.29) is 5.91 Å². The molecular formula is C9H11NO. The molecule has 11 heavy (non-hydrogen) atoms. The quantitative estimate of drug-likeness (QED) is 0.597. The van der Waals surface area contributed by atoms with Crippen molar-refractivity contribution in [3.05, 3.63) is 36.0 Å². The molecule has 0 fully saturated rings. The summed E-state index contributed by atoms with van der Waals surface area (Å²) in [7, 11) is 0. The van der Waals surface area contributed by atoms with Crippen LogP contribution in [0.5, 0.6) is 0 Å². The van der Waals surface area contributed by atoms with Gasteiger partial charge >= 0.3 is 0 Å². The molecule has 1 aliphatic rings. The monoisotopic (exact) mass is 149 g/mol. The Balaban J connectivity index is 2.85. The van der Waals surface area contributed by atoms with Gasteiger partial charge in [0.2, 0.25) is 5.91 Å². The zero-order chi connectivity index (χ0) is 8.27. The number of allylic oxidation sites excluding steroid dienone is 4. The lowest BCUT2D eigenvalue weighted by atomic mass is 10.1. The standard InChI is InChI=1S/C9H11NO/c1-7-3-2-4-8(6-5-7)9(10)11/h2-7H,1H3,(H2,10,11). The first-order chi connectivity index (χ1) is 5.20. The Morgan fingerprint density at radius 1 is 1.55 bits per heavy atom. The van der Waals surface area contributed by atoms with E-state index in [2.05, 4.69) is 0 Å². The lowest BCUT2D eigenvalue weighted by Crippen LogP contribution is -2.11. The van der Waals surface area contributed by atoms with E-state index in [0.29, 0.717) is 11.5 Å². The third-order valence-corrected chi connectivity index (χ3v) is 1.55. The van der Waals surface area contributed by atoms with Crippen molar-refractivity contribution in [1.82, 2.24) is 0 Å². The van der Waals surface area contributed by atoms with Crippen LogP contribution in [0.25, 0.3) is 0 Å². The first-order valence-corrected chi connectivity index (χ1v) is 3.56. The molecule has 58 valence electrons. The number of amides is 1. The molecular weight excluding hydrogens is 138 g/mol. The highest BCUT2D eigenvalue weighted by molar-refractivity contribution is 5.95. The van der Waals surface area contributed by atoms with Gasteiger partial charge < -0.3 is 5.73 Å². The first-order valence-electron chi connectivity index (χ1n) is 3.56. The van der Waals surface area contributed by atoms with Crippen LogP contribution in [0.3, 0.4) is 0 Å². The Labute approximate surface area is 66.1 Å². The summed E-state index contributed by atoms with van der Waals surface area (Å²) in [6, 6.07) is 0. The summed E-state index contributed by atoms with van der Waals surface area (Å²) in [5.74, 6) is 0.00287. The van der Waals surface area contributed by atoms with Crippen molar-refractivity contribution in [2.24, 2.45) is 11.7 Å². The summed E-state index contributed by atoms with van der Waals surface area (Å²) in [5.41, 5.74) is 5.65. The van der Waals surface area contributed by atoms with Gasteiger partial charge in [0.05, 0.1) is 0 Å². The number of carbonyl (C=O) groups is 1. The molecule has 0 aromatic rings. The van der Waals surface area contributed by atoms with Crippen molar-refractivity contribution in [1.29, 1.82) is 0 Å². The van der Waals surface area contributed by atoms with Gasteiger partial charge in [0.25, 0.3) is 0 Å². The number of primary amides is 1. The first kappa shape index (κ1) is 7.79. The average molecular weight is 149 g/mol. The number of nitrogens with two attached hydrogens (primary N) is 1. The minimum Gasteiger partial charge on any atom is -0.366 e. The molecule has 2 heteroatoms. The fourth-order valence-electron chi connectivity index (χ4n) is 0.874. The van der Waals surface area contributed by atoms with Crippen LogP contribution >= 0.6 is 0 Å². The van der Waals surface area contributed by atoms with Gasteiger partial charge in [-0.15, -0.1) is 0 Å². The molecule has 1 aliphatic carbocycles. The second-order valence-corrected chi connectivity index (χ2v) is 2.59. The molecule has 2 nitrogen and oxygen atoms in total. The smallest absolute Gasteiger partial charge is 0.248 e. The van der Waals surface area contributed by atoms with Crippen LogP contribution in [-0.4, -0.2) is 5.91 Å². The maximum Gasteiger partial charge on any atom is 0.248 e. The van der Waals surface area contributed by atoms with Crippen molar-refractivity contribution in [3.8, 4) is 0 Å². The third kappa shape index (κ3) is 2.08. The average Bonchev–Trinajstić information content (AvgIpc) is 2.13. The van der Waals surface area contributed by atoms with Crippen LogP contribution in [0.4, 0.5) is 0 Å². The highest BCUT2D eigenvalue weighted by Gasteiger charge is 2.01. The van der Waals surface area contributed by atoms with Gasteiger partial charge in [-0.05, 0) is 12.0 Å². The Hall–Kier alpha value is -1.31. The van der Waals surface area contributed by atoms with Gasteiger partial charge in [-0.3, -0.25) is 4.79 Å². The summed E-state index contributed by atoms with van der Waals surface area (Å²) in [6.07, 6.45) is 9.28. The molecule has 0 saturated carbocycles. The van der Waals surface area contributed by atoms with Crippen LogP contribution in [-0.2, 0) is 4.79 Å². The molecule has 0 aliphatic heterocycles. The molecule has 1 unspecified atom stereocenters. The normalized spacial score (nSPS) is 22.6. The second-order valence-electron chi connectivity index (χ2n) is 2.59. The molecule has 2 N–H and O–H groups in total. The zero-order valence-electron chi connectivity index (χ0n) is 6.45. The van der Waals surface area contributed by atoms with Crippen molar-refractivity contribution < 1.29 is 4.79 Å². The van der Waals surface area contributed by atoms with Crippen LogP contribution in [0, 0.1) is 5.92 Å². The topological polar surface area (TPSA) is 43.1 Å². The molecule has 0 heterocycles. The molecule has 0 radical (unpaired) electrons. The largest absolute Gasteiger partial charge is 0.366 e. The predicted molar refractivity (Wildman–Crippen MR) is 44.7 cm³/mol. The summed E-state index contributed by atoms with van der Waals surface area (Å²) in [6.45, 7) is 2.05. The number of hydrogen-bond donors (Lipinski definition) is 1. The highest BCUT2D eigenvalue weighted by Crippen LogP contribution is 2.08. The van der Waals surface area contributed by atoms with Gasteiger partial charge in [0.1, 0.15) is 0 Å². The minimum absolute atomic E-state index is 0.375. The van der Waals surface area contributed by atoms with Crippen LogP contribution in [0.15, 0.2) is 36.0 Å². The SMILES string of the molecule is CC1C=CC=C(C(N)=O)C=C1. The van der Waals surface area contributed by atoms with E-state index in [0.717, 1.165) is 0 Å². The van der Waals surface area contributed by atoms with Crippen LogP contribution in [0.1, 0.15) is 6.92 Å². The maximum atomic E-state index is 10.7. The lowest BCUT2D eigenvalue weighted by Gasteiger charge is -1.93. The summed E-state index contributed by atoms with van der Waals surface area (Å²) in [4.78, 5) is 10.7. The molecule has 1 atom stereocenters. The molecule has 1 amide bonds. The van der Waals surface area contributed by atoms with E-state index in [1.165, 1.54) is 0 Å². The molecule has 0 aromatic carbocycles. The minimum atomic E-state index is -0.375. The Morgan fingerprint density at radius 2 is 2.27 bits per heavy atom. The van der Waals surface area contributed by atoms with E-state index in [4.69, 9.17) is 5.73 Å². The molecule has 0 spiro atoms. The summed E-state index contributed by atoms with van der Waals surface area (Å²) < 4.78 is 0. The van der Waals surface area contributed by atoms with Gasteiger partial charge in [-0.1, -0.05) is 31.2 Å². The maximum absolute atomic E-state index is 10.7. The Morgan fingerprint density at radius 3 is 2.91 bits per heavy atom. The zero-order valence-corrected chi connectivity index (χ0v) is 6.45. The van der Waals surface area contributed by atoms with E-state index in [1.54, 1.807) is 12.2 Å². The lowest BCUT2D eigenvalue weighted by molar-refractivity contribution is -0.114. The van der Waals surface area contributed by atoms with Gasteiger partial charge in [-0.2, -0.15) is 0 Å². The van der Waals surface area contributed by atoms with Gasteiger partial charge in [0, 0.05) is 5.57 Å². The van der Waals surface area contributed by atoms with Gasteiger partial charge in [0.15, 0.2) is 0 Å². The van der Waals surface area contributed by atoms with E-state index >= 15 is 0 Å². The Kier molecular flexibility index (Phi) is 2.26. The predicted octanol–water partition coefficient (Wildman–Crippen LogP) is 1.16. The molecule has 1 rings (SSSR count). The van der Waals surface area contributed by atoms with Gasteiger partial charge in [-0.25, -0.2) is 0 Å². The number of hydrogen-bond acceptors (Lipinski definition) is 1. The number of carbonyl (C=O) groups excluding carboxylic acids is 1. The van der Waals surface area contributed by atoms with Crippen molar-refractivity contribution in [3.63, 3.8) is 0 Å². The highest BCUT2D eigenvalue weighted by atomic mass is 16.1. The fourth-order valence-corrected chi connectivity index (χ4v) is 0.874. The van der Waals surface area contributed by atoms with Crippen molar-refractivity contribution >= 4 is 5.91 Å². The molecule has 0 aromatic heterocycles. The molecule has 0 saturated heterocycles. The van der Waals surface area contributed by atoms with E-state index < -0.39 is 0 Å². The van der Waals surface area contributed by atoms with Crippen molar-refractivity contribution in [2.45, 2.75) is 6.92 Å². The summed E-state index contributed by atoms with van der Waals surface area (Å²) >= 11 is 0. The summed E-state index contributed by atoms with van der Waals surface area (Å²) in [5, 5.41) is 0. The Bertz CT molecular complexity index is 248. The number of rotatable bonds is 1. The molecule has 0 bridgehead atoms. The second kappa shape index (κ2) is 3.19. The van der Waals surface area contributed by atoms with Crippen LogP contribution in [0.2, 0.25) is 0 Å². The third-order valence-electron chi connectivity index (χ3n) is 1.55.